The average Bonchev–Trinajstić information content (AvgIpc) is 3.20. The number of H-pyrrole nitrogens is 1. The van der Waals surface area contributed by atoms with E-state index >= 15 is 0 Å². The second-order valence-corrected chi connectivity index (χ2v) is 8.10. The minimum Gasteiger partial charge on any atom is -0.393 e. The SMILES string of the molecule is CCn1cnc2c1c(=O)[nH]c(=O)n2Cc1ccc(CNC(=O)C2CCCC(O)C2)cc1. The molecule has 2 unspecified atom stereocenters. The van der Waals surface area contributed by atoms with Gasteiger partial charge in [0.1, 0.15) is 0 Å². The van der Waals surface area contributed by atoms with E-state index in [0.29, 0.717) is 30.7 Å². The minimum absolute atomic E-state index is 0.0171. The molecular weight excluding hydrogens is 398 g/mol. The maximum atomic E-state index is 12.4. The van der Waals surface area contributed by atoms with E-state index in [1.807, 2.05) is 31.2 Å². The Labute approximate surface area is 178 Å². The first kappa shape index (κ1) is 21.0. The predicted molar refractivity (Wildman–Crippen MR) is 116 cm³/mol. The van der Waals surface area contributed by atoms with E-state index in [-0.39, 0.29) is 24.5 Å². The molecule has 1 aliphatic rings. The fraction of sp³-hybridized carbons (Fsp3) is 0.455. The topological polar surface area (TPSA) is 122 Å². The van der Waals surface area contributed by atoms with Crippen LogP contribution in [0.1, 0.15) is 43.7 Å². The Hall–Kier alpha value is -3.20. The zero-order valence-corrected chi connectivity index (χ0v) is 17.5. The monoisotopic (exact) mass is 425 g/mol. The van der Waals surface area contributed by atoms with Crippen LogP contribution in [0.4, 0.5) is 0 Å². The molecule has 0 bridgehead atoms. The van der Waals surface area contributed by atoms with Gasteiger partial charge in [-0.2, -0.15) is 0 Å². The van der Waals surface area contributed by atoms with Gasteiger partial charge in [-0.25, -0.2) is 9.78 Å². The van der Waals surface area contributed by atoms with E-state index in [1.54, 1.807) is 10.9 Å². The molecule has 0 saturated heterocycles. The molecule has 9 nitrogen and oxygen atoms in total. The smallest absolute Gasteiger partial charge is 0.330 e. The Balaban J connectivity index is 1.45. The first-order valence-electron chi connectivity index (χ1n) is 10.7. The molecule has 0 aliphatic heterocycles. The van der Waals surface area contributed by atoms with Gasteiger partial charge in [-0.3, -0.25) is 19.1 Å². The van der Waals surface area contributed by atoms with Crippen LogP contribution in [0.5, 0.6) is 0 Å². The Morgan fingerprint density at radius 2 is 1.97 bits per heavy atom. The number of aliphatic hydroxyl groups excluding tert-OH is 1. The highest BCUT2D eigenvalue weighted by atomic mass is 16.3. The van der Waals surface area contributed by atoms with E-state index < -0.39 is 11.2 Å². The molecule has 0 spiro atoms. The quantitative estimate of drug-likeness (QED) is 0.546. The number of amides is 1. The van der Waals surface area contributed by atoms with Crippen molar-refractivity contribution in [1.82, 2.24) is 24.4 Å². The van der Waals surface area contributed by atoms with Crippen molar-refractivity contribution in [3.63, 3.8) is 0 Å². The molecule has 1 aromatic carbocycles. The number of aromatic nitrogens is 4. The first-order valence-corrected chi connectivity index (χ1v) is 10.7. The van der Waals surface area contributed by atoms with Crippen molar-refractivity contribution in [2.45, 2.75) is 58.3 Å². The summed E-state index contributed by atoms with van der Waals surface area (Å²) in [6.45, 7) is 3.18. The maximum Gasteiger partial charge on any atom is 0.330 e. The summed E-state index contributed by atoms with van der Waals surface area (Å²) in [5.41, 5.74) is 1.64. The number of carbonyl (C=O) groups is 1. The van der Waals surface area contributed by atoms with E-state index in [2.05, 4.69) is 15.3 Å². The van der Waals surface area contributed by atoms with Crippen molar-refractivity contribution in [2.24, 2.45) is 5.92 Å². The van der Waals surface area contributed by atoms with E-state index in [0.717, 1.165) is 30.4 Å². The number of aliphatic hydroxyl groups is 1. The molecule has 3 aromatic rings. The van der Waals surface area contributed by atoms with Crippen LogP contribution >= 0.6 is 0 Å². The molecule has 1 saturated carbocycles. The summed E-state index contributed by atoms with van der Waals surface area (Å²) in [7, 11) is 0. The number of nitrogens with one attached hydrogen (secondary N) is 2. The Kier molecular flexibility index (Phi) is 6.03. The molecule has 0 radical (unpaired) electrons. The first-order chi connectivity index (χ1) is 15.0. The van der Waals surface area contributed by atoms with Crippen LogP contribution in [0, 0.1) is 5.92 Å². The number of benzene rings is 1. The predicted octanol–water partition coefficient (Wildman–Crippen LogP) is 1.12. The lowest BCUT2D eigenvalue weighted by Crippen LogP contribution is -2.34. The lowest BCUT2D eigenvalue weighted by Gasteiger charge is -2.24. The Morgan fingerprint density at radius 1 is 1.23 bits per heavy atom. The highest BCUT2D eigenvalue weighted by molar-refractivity contribution is 5.78. The fourth-order valence-corrected chi connectivity index (χ4v) is 4.19. The molecule has 9 heteroatoms. The summed E-state index contributed by atoms with van der Waals surface area (Å²) in [5, 5.41) is 12.7. The third kappa shape index (κ3) is 4.46. The van der Waals surface area contributed by atoms with E-state index in [1.165, 1.54) is 4.57 Å². The number of fused-ring (bicyclic) bond motifs is 1. The van der Waals surface area contributed by atoms with Crippen molar-refractivity contribution in [2.75, 3.05) is 0 Å². The number of hydrogen-bond donors (Lipinski definition) is 3. The van der Waals surface area contributed by atoms with Crippen molar-refractivity contribution >= 4 is 17.1 Å². The number of aryl methyl sites for hydroxylation is 1. The minimum atomic E-state index is -0.495. The lowest BCUT2D eigenvalue weighted by molar-refractivity contribution is -0.127. The molecular formula is C22H27N5O4. The van der Waals surface area contributed by atoms with Gasteiger partial charge in [-0.1, -0.05) is 30.7 Å². The van der Waals surface area contributed by atoms with Crippen molar-refractivity contribution < 1.29 is 9.90 Å². The molecule has 4 rings (SSSR count). The third-order valence-corrected chi connectivity index (χ3v) is 5.94. The summed E-state index contributed by atoms with van der Waals surface area (Å²) in [6, 6.07) is 7.60. The number of carbonyl (C=O) groups excluding carboxylic acids is 1. The summed E-state index contributed by atoms with van der Waals surface area (Å²) in [5.74, 6) is -0.142. The van der Waals surface area contributed by atoms with E-state index in [4.69, 9.17) is 0 Å². The normalized spacial score (nSPS) is 18.9. The Bertz CT molecular complexity index is 1190. The van der Waals surface area contributed by atoms with Gasteiger partial charge in [-0.05, 0) is 37.3 Å². The van der Waals surface area contributed by atoms with Gasteiger partial charge < -0.3 is 15.0 Å². The van der Waals surface area contributed by atoms with Gasteiger partial charge >= 0.3 is 5.69 Å². The molecule has 164 valence electrons. The highest BCUT2D eigenvalue weighted by Gasteiger charge is 2.25. The highest BCUT2D eigenvalue weighted by Crippen LogP contribution is 2.24. The van der Waals surface area contributed by atoms with Crippen molar-refractivity contribution in [3.05, 3.63) is 62.6 Å². The third-order valence-electron chi connectivity index (χ3n) is 5.94. The van der Waals surface area contributed by atoms with Gasteiger partial charge in [-0.15, -0.1) is 0 Å². The van der Waals surface area contributed by atoms with Crippen LogP contribution in [0.25, 0.3) is 11.2 Å². The van der Waals surface area contributed by atoms with Crippen LogP contribution in [-0.2, 0) is 24.4 Å². The molecule has 31 heavy (non-hydrogen) atoms. The van der Waals surface area contributed by atoms with Crippen molar-refractivity contribution in [3.8, 4) is 0 Å². The van der Waals surface area contributed by atoms with Crippen LogP contribution in [0.3, 0.4) is 0 Å². The number of rotatable bonds is 6. The van der Waals surface area contributed by atoms with Gasteiger partial charge in [0.15, 0.2) is 11.2 Å². The number of imidazole rings is 1. The van der Waals surface area contributed by atoms with Crippen LogP contribution < -0.4 is 16.6 Å². The van der Waals surface area contributed by atoms with Gasteiger partial charge in [0.25, 0.3) is 5.56 Å². The summed E-state index contributed by atoms with van der Waals surface area (Å²) < 4.78 is 3.16. The van der Waals surface area contributed by atoms with Crippen LogP contribution in [0.2, 0.25) is 0 Å². The van der Waals surface area contributed by atoms with Crippen LogP contribution in [-0.4, -0.2) is 36.2 Å². The summed E-state index contributed by atoms with van der Waals surface area (Å²) in [4.78, 5) is 43.5. The number of aromatic amines is 1. The molecule has 1 fully saturated rings. The molecule has 3 N–H and O–H groups in total. The maximum absolute atomic E-state index is 12.4. The van der Waals surface area contributed by atoms with Crippen LogP contribution in [0.15, 0.2) is 40.2 Å². The Morgan fingerprint density at radius 3 is 2.68 bits per heavy atom. The second kappa shape index (κ2) is 8.89. The fourth-order valence-electron chi connectivity index (χ4n) is 4.19. The van der Waals surface area contributed by atoms with Crippen molar-refractivity contribution in [1.29, 1.82) is 0 Å². The summed E-state index contributed by atoms with van der Waals surface area (Å²) in [6.07, 6.45) is 4.18. The molecule has 2 aromatic heterocycles. The second-order valence-electron chi connectivity index (χ2n) is 8.10. The molecule has 1 aliphatic carbocycles. The molecule has 2 atom stereocenters. The van der Waals surface area contributed by atoms with Gasteiger partial charge in [0, 0.05) is 19.0 Å². The van der Waals surface area contributed by atoms with Gasteiger partial charge in [0.2, 0.25) is 5.91 Å². The summed E-state index contributed by atoms with van der Waals surface area (Å²) >= 11 is 0. The zero-order valence-electron chi connectivity index (χ0n) is 17.5. The molecule has 2 heterocycles. The number of nitrogens with zero attached hydrogens (tertiary/aromatic N) is 3. The standard InChI is InChI=1S/C22H27N5O4/c1-2-26-13-24-19-18(26)21(30)25-22(31)27(19)12-15-8-6-14(7-9-15)11-23-20(29)16-4-3-5-17(28)10-16/h6-9,13,16-17,28H,2-5,10-12H2,1H3,(H,23,29)(H,25,30,31). The zero-order chi connectivity index (χ0) is 22.0. The largest absolute Gasteiger partial charge is 0.393 e. The lowest BCUT2D eigenvalue weighted by atomic mass is 9.86. The van der Waals surface area contributed by atoms with E-state index in [9.17, 15) is 19.5 Å². The average molecular weight is 425 g/mol. The molecule has 1 amide bonds. The number of hydrogen-bond acceptors (Lipinski definition) is 5. The van der Waals surface area contributed by atoms with Gasteiger partial charge in [0.05, 0.1) is 19.0 Å².